The Bertz CT molecular complexity index is 114. The zero-order chi connectivity index (χ0) is 7.28. The third kappa shape index (κ3) is 5.07. The molecule has 9 heavy (non-hydrogen) atoms. The molecule has 0 heterocycles. The molecule has 0 aliphatic heterocycles. The molecular formula is C7H14N2. The molecule has 52 valence electrons. The molecular weight excluding hydrogens is 112 g/mol. The van der Waals surface area contributed by atoms with Gasteiger partial charge in [-0.05, 0) is 24.6 Å². The summed E-state index contributed by atoms with van der Waals surface area (Å²) in [6.07, 6.45) is 3.85. The molecule has 2 nitrogen and oxygen atoms in total. The summed E-state index contributed by atoms with van der Waals surface area (Å²) in [4.78, 5) is 0. The minimum Gasteiger partial charge on any atom is -0.405 e. The van der Waals surface area contributed by atoms with E-state index in [4.69, 9.17) is 11.1 Å². The first-order valence-corrected chi connectivity index (χ1v) is 3.12. The van der Waals surface area contributed by atoms with Gasteiger partial charge in [-0.2, -0.15) is 0 Å². The smallest absolute Gasteiger partial charge is 0.0330 e. The lowest BCUT2D eigenvalue weighted by molar-refractivity contribution is 0.683. The molecule has 2 heteroatoms. The Hall–Kier alpha value is -0.790. The fourth-order valence-electron chi connectivity index (χ4n) is 0.624. The maximum Gasteiger partial charge on any atom is 0.0330 e. The fourth-order valence-corrected chi connectivity index (χ4v) is 0.624. The summed E-state index contributed by atoms with van der Waals surface area (Å²) in [6, 6.07) is 0. The van der Waals surface area contributed by atoms with E-state index in [1.54, 1.807) is 6.08 Å². The summed E-state index contributed by atoms with van der Waals surface area (Å²) in [5.74, 6) is 0.550. The minimum atomic E-state index is 0.550. The zero-order valence-corrected chi connectivity index (χ0v) is 6.02. The zero-order valence-electron chi connectivity index (χ0n) is 6.02. The first-order chi connectivity index (χ1) is 4.16. The van der Waals surface area contributed by atoms with Gasteiger partial charge in [0.1, 0.15) is 0 Å². The van der Waals surface area contributed by atoms with Crippen LogP contribution in [0.15, 0.2) is 12.3 Å². The number of nitrogens with one attached hydrogen (secondary N) is 1. The summed E-state index contributed by atoms with van der Waals surface area (Å²) < 4.78 is 0. The first-order valence-electron chi connectivity index (χ1n) is 3.12. The quantitative estimate of drug-likeness (QED) is 0.553. The number of hydrogen-bond donors (Lipinski definition) is 2. The third-order valence-corrected chi connectivity index (χ3v) is 0.926. The van der Waals surface area contributed by atoms with E-state index in [-0.39, 0.29) is 0 Å². The van der Waals surface area contributed by atoms with E-state index in [1.807, 2.05) is 0 Å². The molecule has 0 spiro atoms. The van der Waals surface area contributed by atoms with Crippen LogP contribution in [0.5, 0.6) is 0 Å². The Morgan fingerprint density at radius 1 is 1.67 bits per heavy atom. The maximum atomic E-state index is 7.25. The lowest BCUT2D eigenvalue weighted by Crippen LogP contribution is -1.98. The van der Waals surface area contributed by atoms with E-state index in [0.29, 0.717) is 11.6 Å². The largest absolute Gasteiger partial charge is 0.405 e. The summed E-state index contributed by atoms with van der Waals surface area (Å²) in [6.45, 7) is 4.16. The Kier molecular flexibility index (Phi) is 3.76. The molecule has 0 aromatic rings. The van der Waals surface area contributed by atoms with Crippen LogP contribution in [0.1, 0.15) is 20.3 Å². The van der Waals surface area contributed by atoms with E-state index in [9.17, 15) is 0 Å². The first kappa shape index (κ1) is 8.21. The second-order valence-corrected chi connectivity index (χ2v) is 2.48. The SMILES string of the molecule is CC(C)CC(=N)/C=C\N. The molecule has 0 rings (SSSR count). The highest BCUT2D eigenvalue weighted by atomic mass is 14.5. The summed E-state index contributed by atoms with van der Waals surface area (Å²) in [5, 5.41) is 7.25. The summed E-state index contributed by atoms with van der Waals surface area (Å²) in [5.41, 5.74) is 5.69. The highest BCUT2D eigenvalue weighted by Gasteiger charge is 1.94. The minimum absolute atomic E-state index is 0.550. The van der Waals surface area contributed by atoms with E-state index in [1.165, 1.54) is 6.20 Å². The molecule has 0 aromatic carbocycles. The lowest BCUT2D eigenvalue weighted by atomic mass is 10.1. The second-order valence-electron chi connectivity index (χ2n) is 2.48. The van der Waals surface area contributed by atoms with Gasteiger partial charge >= 0.3 is 0 Å². The molecule has 0 aromatic heterocycles. The molecule has 0 saturated carbocycles. The monoisotopic (exact) mass is 126 g/mol. The highest BCUT2D eigenvalue weighted by Crippen LogP contribution is 1.99. The van der Waals surface area contributed by atoms with Crippen LogP contribution in [-0.4, -0.2) is 5.71 Å². The summed E-state index contributed by atoms with van der Waals surface area (Å²) in [7, 11) is 0. The molecule has 0 atom stereocenters. The topological polar surface area (TPSA) is 49.9 Å². The fraction of sp³-hybridized carbons (Fsp3) is 0.571. The predicted octanol–water partition coefficient (Wildman–Crippen LogP) is 1.52. The van der Waals surface area contributed by atoms with Crippen LogP contribution in [-0.2, 0) is 0 Å². The van der Waals surface area contributed by atoms with Crippen molar-refractivity contribution >= 4 is 5.71 Å². The summed E-state index contributed by atoms with van der Waals surface area (Å²) >= 11 is 0. The van der Waals surface area contributed by atoms with Crippen LogP contribution in [0.3, 0.4) is 0 Å². The van der Waals surface area contributed by atoms with Crippen LogP contribution in [0.2, 0.25) is 0 Å². The van der Waals surface area contributed by atoms with Gasteiger partial charge in [-0.25, -0.2) is 0 Å². The van der Waals surface area contributed by atoms with Crippen molar-refractivity contribution in [1.82, 2.24) is 0 Å². The third-order valence-electron chi connectivity index (χ3n) is 0.926. The normalized spacial score (nSPS) is 11.0. The van der Waals surface area contributed by atoms with Crippen molar-refractivity contribution in [3.05, 3.63) is 12.3 Å². The van der Waals surface area contributed by atoms with Gasteiger partial charge in [0, 0.05) is 5.71 Å². The van der Waals surface area contributed by atoms with Gasteiger partial charge in [-0.1, -0.05) is 13.8 Å². The van der Waals surface area contributed by atoms with E-state index in [2.05, 4.69) is 13.8 Å². The Balaban J connectivity index is 3.51. The molecule has 0 fully saturated rings. The van der Waals surface area contributed by atoms with Crippen molar-refractivity contribution in [3.8, 4) is 0 Å². The van der Waals surface area contributed by atoms with E-state index < -0.39 is 0 Å². The average molecular weight is 126 g/mol. The predicted molar refractivity (Wildman–Crippen MR) is 40.5 cm³/mol. The van der Waals surface area contributed by atoms with Gasteiger partial charge in [0.15, 0.2) is 0 Å². The van der Waals surface area contributed by atoms with E-state index in [0.717, 1.165) is 6.42 Å². The van der Waals surface area contributed by atoms with E-state index >= 15 is 0 Å². The van der Waals surface area contributed by atoms with Crippen LogP contribution in [0.4, 0.5) is 0 Å². The van der Waals surface area contributed by atoms with Crippen molar-refractivity contribution in [3.63, 3.8) is 0 Å². The number of allylic oxidation sites excluding steroid dienone is 1. The van der Waals surface area contributed by atoms with Crippen molar-refractivity contribution in [2.75, 3.05) is 0 Å². The van der Waals surface area contributed by atoms with Crippen molar-refractivity contribution in [1.29, 1.82) is 5.41 Å². The van der Waals surface area contributed by atoms with Gasteiger partial charge in [0.05, 0.1) is 0 Å². The van der Waals surface area contributed by atoms with Crippen LogP contribution in [0, 0.1) is 11.3 Å². The molecule has 3 N–H and O–H groups in total. The maximum absolute atomic E-state index is 7.25. The van der Waals surface area contributed by atoms with Crippen molar-refractivity contribution in [2.45, 2.75) is 20.3 Å². The Morgan fingerprint density at radius 2 is 2.22 bits per heavy atom. The van der Waals surface area contributed by atoms with Gasteiger partial charge in [0.25, 0.3) is 0 Å². The molecule has 0 amide bonds. The average Bonchev–Trinajstić information content (AvgIpc) is 1.63. The number of rotatable bonds is 3. The second kappa shape index (κ2) is 4.13. The van der Waals surface area contributed by atoms with Gasteiger partial charge in [-0.15, -0.1) is 0 Å². The molecule has 0 bridgehead atoms. The van der Waals surface area contributed by atoms with Crippen molar-refractivity contribution in [2.24, 2.45) is 11.7 Å². The van der Waals surface area contributed by atoms with Gasteiger partial charge < -0.3 is 11.1 Å². The Morgan fingerprint density at radius 3 is 2.56 bits per heavy atom. The highest BCUT2D eigenvalue weighted by molar-refractivity contribution is 5.92. The number of hydrogen-bond acceptors (Lipinski definition) is 2. The lowest BCUT2D eigenvalue weighted by Gasteiger charge is -1.99. The van der Waals surface area contributed by atoms with Crippen LogP contribution < -0.4 is 5.73 Å². The van der Waals surface area contributed by atoms with Crippen LogP contribution >= 0.6 is 0 Å². The molecule has 0 radical (unpaired) electrons. The van der Waals surface area contributed by atoms with Crippen LogP contribution in [0.25, 0.3) is 0 Å². The molecule has 0 aliphatic rings. The van der Waals surface area contributed by atoms with Crippen molar-refractivity contribution < 1.29 is 0 Å². The molecule has 0 unspecified atom stereocenters. The van der Waals surface area contributed by atoms with Gasteiger partial charge in [0.2, 0.25) is 0 Å². The Labute approximate surface area is 56.3 Å². The van der Waals surface area contributed by atoms with Gasteiger partial charge in [-0.3, -0.25) is 0 Å². The standard InChI is InChI=1S/C7H14N2/c1-6(2)5-7(9)3-4-8/h3-4,6,9H,5,8H2,1-2H3/b4-3-,9-7?. The number of nitrogens with two attached hydrogens (primary N) is 1. The molecule has 0 saturated heterocycles. The molecule has 0 aliphatic carbocycles.